The molecule has 1 N–H and O–H groups in total. The summed E-state index contributed by atoms with van der Waals surface area (Å²) in [6.07, 6.45) is 0. The molecule has 0 saturated carbocycles. The van der Waals surface area contributed by atoms with Gasteiger partial charge in [0.1, 0.15) is 0 Å². The maximum Gasteiger partial charge on any atom is 0.173 e. The van der Waals surface area contributed by atoms with Crippen molar-refractivity contribution in [2.45, 2.75) is 27.7 Å². The molecule has 0 unspecified atom stereocenters. The minimum atomic E-state index is 0.804. The van der Waals surface area contributed by atoms with E-state index in [2.05, 4.69) is 56.1 Å². The van der Waals surface area contributed by atoms with Crippen molar-refractivity contribution in [2.24, 2.45) is 0 Å². The van der Waals surface area contributed by atoms with Crippen LogP contribution in [0.4, 0.5) is 5.69 Å². The number of rotatable bonds is 3. The van der Waals surface area contributed by atoms with Crippen LogP contribution in [0.3, 0.4) is 0 Å². The lowest BCUT2D eigenvalue weighted by molar-refractivity contribution is 0.473. The quantitative estimate of drug-likeness (QED) is 0.810. The summed E-state index contributed by atoms with van der Waals surface area (Å²) >= 11 is 5.37. The van der Waals surface area contributed by atoms with Gasteiger partial charge in [-0.25, -0.2) is 0 Å². The van der Waals surface area contributed by atoms with Crippen molar-refractivity contribution in [1.82, 2.24) is 4.90 Å². The average Bonchev–Trinajstić information content (AvgIpc) is 2.26. The van der Waals surface area contributed by atoms with Crippen LogP contribution < -0.4 is 5.32 Å². The van der Waals surface area contributed by atoms with Gasteiger partial charge >= 0.3 is 0 Å². The van der Waals surface area contributed by atoms with Gasteiger partial charge in [0.15, 0.2) is 5.11 Å². The molecule has 0 saturated heterocycles. The van der Waals surface area contributed by atoms with Crippen molar-refractivity contribution in [1.29, 1.82) is 0 Å². The molecule has 0 fully saturated rings. The lowest BCUT2D eigenvalue weighted by atomic mass is 10.1. The van der Waals surface area contributed by atoms with E-state index in [1.54, 1.807) is 0 Å². The van der Waals surface area contributed by atoms with Crippen LogP contribution in [0, 0.1) is 13.8 Å². The Hall–Kier alpha value is -1.09. The van der Waals surface area contributed by atoms with Gasteiger partial charge < -0.3 is 10.2 Å². The molecule has 2 nitrogen and oxygen atoms in total. The number of nitrogens with one attached hydrogen (secondary N) is 1. The van der Waals surface area contributed by atoms with Crippen LogP contribution in [0.15, 0.2) is 18.2 Å². The summed E-state index contributed by atoms with van der Waals surface area (Å²) in [5.41, 5.74) is 3.65. The van der Waals surface area contributed by atoms with Crippen molar-refractivity contribution >= 4 is 23.0 Å². The third kappa shape index (κ3) is 2.95. The average molecular weight is 236 g/mol. The summed E-state index contributed by atoms with van der Waals surface area (Å²) < 4.78 is 0. The minimum absolute atomic E-state index is 0.804. The molecule has 3 heteroatoms. The predicted octanol–water partition coefficient (Wildman–Crippen LogP) is 3.34. The third-order valence-electron chi connectivity index (χ3n) is 2.90. The molecule has 16 heavy (non-hydrogen) atoms. The largest absolute Gasteiger partial charge is 0.350 e. The van der Waals surface area contributed by atoms with E-state index in [1.165, 1.54) is 11.1 Å². The second kappa shape index (κ2) is 5.85. The summed E-state index contributed by atoms with van der Waals surface area (Å²) in [6, 6.07) is 6.23. The van der Waals surface area contributed by atoms with Crippen molar-refractivity contribution in [3.63, 3.8) is 0 Å². The van der Waals surface area contributed by atoms with E-state index in [0.717, 1.165) is 23.9 Å². The molecule has 0 radical (unpaired) electrons. The SMILES string of the molecule is CCN(CC)C(=S)Nc1cccc(C)c1C. The molecule has 0 heterocycles. The maximum atomic E-state index is 5.37. The number of hydrogen-bond donors (Lipinski definition) is 1. The molecule has 1 aromatic carbocycles. The van der Waals surface area contributed by atoms with Crippen LogP contribution in [0.1, 0.15) is 25.0 Å². The zero-order chi connectivity index (χ0) is 12.1. The van der Waals surface area contributed by atoms with Crippen molar-refractivity contribution in [3.05, 3.63) is 29.3 Å². The molecule has 0 aromatic heterocycles. The standard InChI is InChI=1S/C13H20N2S/c1-5-15(6-2)13(16)14-12-9-7-8-10(3)11(12)4/h7-9H,5-6H2,1-4H3,(H,14,16). The van der Waals surface area contributed by atoms with Gasteiger partial charge in [0.05, 0.1) is 0 Å². The van der Waals surface area contributed by atoms with Crippen LogP contribution in [-0.4, -0.2) is 23.1 Å². The van der Waals surface area contributed by atoms with E-state index in [0.29, 0.717) is 0 Å². The number of nitrogens with zero attached hydrogens (tertiary/aromatic N) is 1. The molecule has 1 aromatic rings. The molecule has 0 atom stereocenters. The summed E-state index contributed by atoms with van der Waals surface area (Å²) in [6.45, 7) is 10.3. The Kier molecular flexibility index (Phi) is 4.74. The summed E-state index contributed by atoms with van der Waals surface area (Å²) in [7, 11) is 0. The number of thiocarbonyl (C=S) groups is 1. The first kappa shape index (κ1) is 13.0. The van der Waals surface area contributed by atoms with Crippen LogP contribution in [0.2, 0.25) is 0 Å². The minimum Gasteiger partial charge on any atom is -0.350 e. The summed E-state index contributed by atoms with van der Waals surface area (Å²) in [5.74, 6) is 0. The number of hydrogen-bond acceptors (Lipinski definition) is 1. The monoisotopic (exact) mass is 236 g/mol. The molecule has 1 rings (SSSR count). The Morgan fingerprint density at radius 3 is 2.44 bits per heavy atom. The first-order valence-corrected chi connectivity index (χ1v) is 6.13. The highest BCUT2D eigenvalue weighted by Gasteiger charge is 2.07. The topological polar surface area (TPSA) is 15.3 Å². The fourth-order valence-electron chi connectivity index (χ4n) is 1.59. The second-order valence-corrected chi connectivity index (χ2v) is 4.24. The maximum absolute atomic E-state index is 5.37. The molecule has 0 bridgehead atoms. The fraction of sp³-hybridized carbons (Fsp3) is 0.462. The first-order chi connectivity index (χ1) is 7.60. The zero-order valence-electron chi connectivity index (χ0n) is 10.5. The van der Waals surface area contributed by atoms with Gasteiger partial charge in [-0.2, -0.15) is 0 Å². The number of aryl methyl sites for hydroxylation is 1. The van der Waals surface area contributed by atoms with Crippen LogP contribution in [-0.2, 0) is 0 Å². The van der Waals surface area contributed by atoms with Crippen molar-refractivity contribution < 1.29 is 0 Å². The van der Waals surface area contributed by atoms with Gasteiger partial charge in [-0.1, -0.05) is 12.1 Å². The van der Waals surface area contributed by atoms with Gasteiger partial charge in [-0.3, -0.25) is 0 Å². The van der Waals surface area contributed by atoms with Crippen molar-refractivity contribution in [3.8, 4) is 0 Å². The smallest absolute Gasteiger partial charge is 0.173 e. The predicted molar refractivity (Wildman–Crippen MR) is 75.1 cm³/mol. The molecule has 0 spiro atoms. The Balaban J connectivity index is 2.80. The van der Waals surface area contributed by atoms with Crippen LogP contribution >= 0.6 is 12.2 Å². The van der Waals surface area contributed by atoms with Crippen LogP contribution in [0.5, 0.6) is 0 Å². The van der Waals surface area contributed by atoms with E-state index < -0.39 is 0 Å². The number of benzene rings is 1. The molecule has 0 aliphatic rings. The first-order valence-electron chi connectivity index (χ1n) is 5.72. The Morgan fingerprint density at radius 1 is 1.25 bits per heavy atom. The molecule has 0 aliphatic heterocycles. The number of anilines is 1. The summed E-state index contributed by atoms with van der Waals surface area (Å²) in [5, 5.41) is 4.11. The Labute approximate surface area is 104 Å². The van der Waals surface area contributed by atoms with Crippen molar-refractivity contribution in [2.75, 3.05) is 18.4 Å². The normalized spacial score (nSPS) is 10.0. The highest BCUT2D eigenvalue weighted by atomic mass is 32.1. The summed E-state index contributed by atoms with van der Waals surface area (Å²) in [4.78, 5) is 2.14. The van der Waals surface area contributed by atoms with Crippen LogP contribution in [0.25, 0.3) is 0 Å². The molecule has 0 amide bonds. The lowest BCUT2D eigenvalue weighted by Gasteiger charge is -2.23. The van der Waals surface area contributed by atoms with E-state index in [4.69, 9.17) is 12.2 Å². The third-order valence-corrected chi connectivity index (χ3v) is 3.26. The Bertz CT molecular complexity index is 370. The molecule has 0 aliphatic carbocycles. The highest BCUT2D eigenvalue weighted by Crippen LogP contribution is 2.18. The van der Waals surface area contributed by atoms with Gasteiger partial charge in [0.2, 0.25) is 0 Å². The highest BCUT2D eigenvalue weighted by molar-refractivity contribution is 7.80. The van der Waals surface area contributed by atoms with Gasteiger partial charge in [-0.15, -0.1) is 0 Å². The van der Waals surface area contributed by atoms with E-state index in [-0.39, 0.29) is 0 Å². The van der Waals surface area contributed by atoms with E-state index >= 15 is 0 Å². The molecular formula is C13H20N2S. The fourth-order valence-corrected chi connectivity index (χ4v) is 1.96. The molecule has 88 valence electrons. The van der Waals surface area contributed by atoms with E-state index in [9.17, 15) is 0 Å². The molecular weight excluding hydrogens is 216 g/mol. The Morgan fingerprint density at radius 2 is 1.88 bits per heavy atom. The van der Waals surface area contributed by atoms with Gasteiger partial charge in [-0.05, 0) is 57.1 Å². The van der Waals surface area contributed by atoms with Gasteiger partial charge in [0, 0.05) is 18.8 Å². The van der Waals surface area contributed by atoms with Gasteiger partial charge in [0.25, 0.3) is 0 Å². The van der Waals surface area contributed by atoms with E-state index in [1.807, 2.05) is 0 Å². The lowest BCUT2D eigenvalue weighted by Crippen LogP contribution is -2.34. The zero-order valence-corrected chi connectivity index (χ0v) is 11.3. The second-order valence-electron chi connectivity index (χ2n) is 3.85.